The maximum atomic E-state index is 12.2. The van der Waals surface area contributed by atoms with E-state index in [1.165, 1.54) is 6.07 Å². The SMILES string of the molecule is CCN(CC)C(=O)c1ccc(Br)cc1S(C)(=O)=O. The molecule has 1 aromatic rings. The Kier molecular flexibility index (Phi) is 4.92. The number of hydrogen-bond donors (Lipinski definition) is 0. The Morgan fingerprint density at radius 1 is 1.28 bits per heavy atom. The minimum atomic E-state index is -3.43. The molecule has 0 aliphatic heterocycles. The third kappa shape index (κ3) is 3.32. The summed E-state index contributed by atoms with van der Waals surface area (Å²) in [5, 5.41) is 0. The van der Waals surface area contributed by atoms with Crippen LogP contribution >= 0.6 is 15.9 Å². The molecule has 0 radical (unpaired) electrons. The van der Waals surface area contributed by atoms with E-state index in [1.54, 1.807) is 17.0 Å². The number of halogens is 1. The fourth-order valence-electron chi connectivity index (χ4n) is 1.66. The van der Waals surface area contributed by atoms with Crippen LogP contribution in [0.3, 0.4) is 0 Å². The largest absolute Gasteiger partial charge is 0.339 e. The van der Waals surface area contributed by atoms with Crippen LogP contribution in [0.25, 0.3) is 0 Å². The third-order valence-corrected chi connectivity index (χ3v) is 4.25. The third-order valence-electron chi connectivity index (χ3n) is 2.62. The Morgan fingerprint density at radius 3 is 2.28 bits per heavy atom. The van der Waals surface area contributed by atoms with Crippen molar-refractivity contribution in [2.45, 2.75) is 18.7 Å². The molecule has 0 fully saturated rings. The maximum absolute atomic E-state index is 12.2. The molecule has 0 aliphatic carbocycles. The van der Waals surface area contributed by atoms with Gasteiger partial charge in [-0.15, -0.1) is 0 Å². The summed E-state index contributed by atoms with van der Waals surface area (Å²) in [5.74, 6) is -0.257. The van der Waals surface area contributed by atoms with Gasteiger partial charge in [-0.2, -0.15) is 0 Å². The van der Waals surface area contributed by atoms with Gasteiger partial charge in [0.05, 0.1) is 10.5 Å². The Bertz CT molecular complexity index is 550. The Hall–Kier alpha value is -0.880. The zero-order valence-corrected chi connectivity index (χ0v) is 13.0. The summed E-state index contributed by atoms with van der Waals surface area (Å²) in [7, 11) is -3.43. The van der Waals surface area contributed by atoms with Crippen LogP contribution in [0.4, 0.5) is 0 Å². The van der Waals surface area contributed by atoms with Crippen LogP contribution in [-0.4, -0.2) is 38.6 Å². The second kappa shape index (κ2) is 5.84. The molecule has 0 heterocycles. The number of sulfone groups is 1. The molecule has 0 unspecified atom stereocenters. The van der Waals surface area contributed by atoms with E-state index in [0.29, 0.717) is 17.6 Å². The summed E-state index contributed by atoms with van der Waals surface area (Å²) in [6.07, 6.45) is 1.10. The van der Waals surface area contributed by atoms with Gasteiger partial charge in [0, 0.05) is 23.8 Å². The van der Waals surface area contributed by atoms with Crippen molar-refractivity contribution < 1.29 is 13.2 Å². The second-order valence-electron chi connectivity index (χ2n) is 3.89. The number of carbonyl (C=O) groups excluding carboxylic acids is 1. The number of benzene rings is 1. The zero-order chi connectivity index (χ0) is 13.9. The fraction of sp³-hybridized carbons (Fsp3) is 0.417. The standard InChI is InChI=1S/C12H16BrNO3S/c1-4-14(5-2)12(15)10-7-6-9(13)8-11(10)18(3,16)17/h6-8H,4-5H2,1-3H3. The number of rotatable bonds is 4. The average Bonchev–Trinajstić information content (AvgIpc) is 2.29. The predicted octanol–water partition coefficient (Wildman–Crippen LogP) is 2.33. The topological polar surface area (TPSA) is 54.5 Å². The molecule has 4 nitrogen and oxygen atoms in total. The first-order valence-corrected chi connectivity index (χ1v) is 8.28. The van der Waals surface area contributed by atoms with E-state index in [2.05, 4.69) is 15.9 Å². The number of amides is 1. The van der Waals surface area contributed by atoms with Crippen LogP contribution in [0, 0.1) is 0 Å². The van der Waals surface area contributed by atoms with Crippen LogP contribution in [0.1, 0.15) is 24.2 Å². The van der Waals surface area contributed by atoms with E-state index in [0.717, 1.165) is 6.26 Å². The molecule has 0 N–H and O–H groups in total. The summed E-state index contributed by atoms with van der Waals surface area (Å²) < 4.78 is 24.1. The van der Waals surface area contributed by atoms with Gasteiger partial charge in [-0.25, -0.2) is 8.42 Å². The lowest BCUT2D eigenvalue weighted by Gasteiger charge is -2.20. The smallest absolute Gasteiger partial charge is 0.255 e. The van der Waals surface area contributed by atoms with Gasteiger partial charge in [-0.3, -0.25) is 4.79 Å². The monoisotopic (exact) mass is 333 g/mol. The van der Waals surface area contributed by atoms with Crippen LogP contribution in [-0.2, 0) is 9.84 Å². The van der Waals surface area contributed by atoms with Gasteiger partial charge in [0.1, 0.15) is 0 Å². The molecule has 0 saturated heterocycles. The van der Waals surface area contributed by atoms with Crippen LogP contribution < -0.4 is 0 Å². The van der Waals surface area contributed by atoms with E-state index in [4.69, 9.17) is 0 Å². The molecule has 0 aliphatic rings. The van der Waals surface area contributed by atoms with Crippen LogP contribution in [0.5, 0.6) is 0 Å². The van der Waals surface area contributed by atoms with Crippen molar-refractivity contribution in [3.8, 4) is 0 Å². The van der Waals surface area contributed by atoms with Crippen molar-refractivity contribution in [2.24, 2.45) is 0 Å². The van der Waals surface area contributed by atoms with Crippen molar-refractivity contribution >= 4 is 31.7 Å². The average molecular weight is 334 g/mol. The molecule has 0 atom stereocenters. The predicted molar refractivity (Wildman–Crippen MR) is 74.5 cm³/mol. The van der Waals surface area contributed by atoms with Crippen molar-refractivity contribution in [2.75, 3.05) is 19.3 Å². The number of carbonyl (C=O) groups is 1. The molecule has 0 aromatic heterocycles. The normalized spacial score (nSPS) is 11.3. The summed E-state index contributed by atoms with van der Waals surface area (Å²) in [6.45, 7) is 4.82. The summed E-state index contributed by atoms with van der Waals surface area (Å²) >= 11 is 3.22. The van der Waals surface area contributed by atoms with Gasteiger partial charge in [-0.05, 0) is 32.0 Å². The molecule has 1 amide bonds. The molecule has 6 heteroatoms. The van der Waals surface area contributed by atoms with E-state index in [9.17, 15) is 13.2 Å². The van der Waals surface area contributed by atoms with Gasteiger partial charge in [0.25, 0.3) is 5.91 Å². The summed E-state index contributed by atoms with van der Waals surface area (Å²) in [6, 6.07) is 4.68. The highest BCUT2D eigenvalue weighted by Crippen LogP contribution is 2.22. The van der Waals surface area contributed by atoms with Gasteiger partial charge < -0.3 is 4.90 Å². The van der Waals surface area contributed by atoms with Crippen molar-refractivity contribution in [1.82, 2.24) is 4.90 Å². The van der Waals surface area contributed by atoms with E-state index >= 15 is 0 Å². The summed E-state index contributed by atoms with van der Waals surface area (Å²) in [5.41, 5.74) is 0.226. The van der Waals surface area contributed by atoms with Crippen molar-refractivity contribution in [3.05, 3.63) is 28.2 Å². The van der Waals surface area contributed by atoms with E-state index in [1.807, 2.05) is 13.8 Å². The highest BCUT2D eigenvalue weighted by molar-refractivity contribution is 9.10. The lowest BCUT2D eigenvalue weighted by atomic mass is 10.2. The van der Waals surface area contributed by atoms with Crippen LogP contribution in [0.15, 0.2) is 27.6 Å². The Labute approximate surface area is 116 Å². The van der Waals surface area contributed by atoms with Gasteiger partial charge in [-0.1, -0.05) is 15.9 Å². The van der Waals surface area contributed by atoms with Gasteiger partial charge in [0.2, 0.25) is 0 Å². The summed E-state index contributed by atoms with van der Waals surface area (Å²) in [4.78, 5) is 13.9. The molecule has 18 heavy (non-hydrogen) atoms. The molecule has 100 valence electrons. The molecular formula is C12H16BrNO3S. The van der Waals surface area contributed by atoms with Gasteiger partial charge in [0.15, 0.2) is 9.84 Å². The van der Waals surface area contributed by atoms with Crippen LogP contribution in [0.2, 0.25) is 0 Å². The quantitative estimate of drug-likeness (QED) is 0.849. The molecule has 0 bridgehead atoms. The highest BCUT2D eigenvalue weighted by Gasteiger charge is 2.21. The number of hydrogen-bond acceptors (Lipinski definition) is 3. The molecule has 0 spiro atoms. The lowest BCUT2D eigenvalue weighted by molar-refractivity contribution is 0.0769. The number of nitrogens with zero attached hydrogens (tertiary/aromatic N) is 1. The molecule has 1 rings (SSSR count). The lowest BCUT2D eigenvalue weighted by Crippen LogP contribution is -2.31. The van der Waals surface area contributed by atoms with E-state index < -0.39 is 9.84 Å². The second-order valence-corrected chi connectivity index (χ2v) is 6.79. The highest BCUT2D eigenvalue weighted by atomic mass is 79.9. The van der Waals surface area contributed by atoms with Gasteiger partial charge >= 0.3 is 0 Å². The minimum Gasteiger partial charge on any atom is -0.339 e. The molecule has 1 aromatic carbocycles. The van der Waals surface area contributed by atoms with E-state index in [-0.39, 0.29) is 16.4 Å². The Morgan fingerprint density at radius 2 is 1.83 bits per heavy atom. The zero-order valence-electron chi connectivity index (χ0n) is 10.6. The maximum Gasteiger partial charge on any atom is 0.255 e. The first-order chi connectivity index (χ1) is 8.31. The Balaban J connectivity index is 3.37. The molecule has 0 saturated carbocycles. The first kappa shape index (κ1) is 15.2. The fourth-order valence-corrected chi connectivity index (χ4v) is 3.07. The minimum absolute atomic E-state index is 0.0637. The molecular weight excluding hydrogens is 318 g/mol. The van der Waals surface area contributed by atoms with Crippen molar-refractivity contribution in [1.29, 1.82) is 0 Å². The first-order valence-electron chi connectivity index (χ1n) is 5.60. The van der Waals surface area contributed by atoms with Crippen molar-refractivity contribution in [3.63, 3.8) is 0 Å².